The number of benzene rings is 1. The van der Waals surface area contributed by atoms with Gasteiger partial charge in [0.1, 0.15) is 6.04 Å². The van der Waals surface area contributed by atoms with E-state index in [1.165, 1.54) is 24.3 Å². The minimum atomic E-state index is -3.67. The van der Waals surface area contributed by atoms with Gasteiger partial charge >= 0.3 is 0 Å². The molecular formula is C18H27N3O5S. The number of carbonyl (C=O) groups excluding carboxylic acids is 2. The van der Waals surface area contributed by atoms with E-state index in [-0.39, 0.29) is 16.4 Å². The molecule has 1 aliphatic rings. The van der Waals surface area contributed by atoms with Crippen molar-refractivity contribution < 1.29 is 22.7 Å². The van der Waals surface area contributed by atoms with Crippen molar-refractivity contribution in [3.05, 3.63) is 29.8 Å². The molecule has 2 rings (SSSR count). The van der Waals surface area contributed by atoms with E-state index in [9.17, 15) is 18.0 Å². The van der Waals surface area contributed by atoms with Crippen LogP contribution >= 0.6 is 0 Å². The van der Waals surface area contributed by atoms with Crippen LogP contribution in [0.25, 0.3) is 0 Å². The van der Waals surface area contributed by atoms with Gasteiger partial charge in [0.05, 0.1) is 18.1 Å². The van der Waals surface area contributed by atoms with E-state index in [0.29, 0.717) is 26.3 Å². The third-order valence-corrected chi connectivity index (χ3v) is 5.68. The first-order chi connectivity index (χ1) is 12.5. The third kappa shape index (κ3) is 6.02. The second-order valence-electron chi connectivity index (χ2n) is 7.51. The number of hydrogen-bond acceptors (Lipinski definition) is 5. The number of hydrogen-bond donors (Lipinski definition) is 2. The van der Waals surface area contributed by atoms with E-state index in [4.69, 9.17) is 4.74 Å². The first-order valence-electron chi connectivity index (χ1n) is 8.81. The number of carbonyl (C=O) groups is 2. The molecule has 0 saturated carbocycles. The lowest BCUT2D eigenvalue weighted by molar-refractivity contribution is -0.136. The molecule has 8 nitrogen and oxygen atoms in total. The van der Waals surface area contributed by atoms with E-state index in [1.807, 2.05) is 0 Å². The Kier molecular flexibility index (Phi) is 6.61. The van der Waals surface area contributed by atoms with Gasteiger partial charge in [0.2, 0.25) is 15.9 Å². The molecule has 1 heterocycles. The van der Waals surface area contributed by atoms with Crippen LogP contribution in [0, 0.1) is 0 Å². The van der Waals surface area contributed by atoms with Crippen LogP contribution in [-0.4, -0.2) is 63.0 Å². The van der Waals surface area contributed by atoms with Gasteiger partial charge in [-0.3, -0.25) is 9.59 Å². The van der Waals surface area contributed by atoms with Crippen LogP contribution in [0.1, 0.15) is 38.1 Å². The monoisotopic (exact) mass is 397 g/mol. The van der Waals surface area contributed by atoms with Gasteiger partial charge in [-0.15, -0.1) is 0 Å². The Hall–Kier alpha value is -1.97. The van der Waals surface area contributed by atoms with E-state index >= 15 is 0 Å². The van der Waals surface area contributed by atoms with Gasteiger partial charge in [-0.2, -0.15) is 0 Å². The molecule has 1 fully saturated rings. The van der Waals surface area contributed by atoms with Gasteiger partial charge in [0.25, 0.3) is 5.91 Å². The fraction of sp³-hybridized carbons (Fsp3) is 0.556. The Balaban J connectivity index is 2.01. The van der Waals surface area contributed by atoms with Crippen molar-refractivity contribution in [3.8, 4) is 0 Å². The van der Waals surface area contributed by atoms with Crippen LogP contribution in [0.4, 0.5) is 0 Å². The molecule has 0 aromatic heterocycles. The average molecular weight is 397 g/mol. The first-order valence-corrected chi connectivity index (χ1v) is 10.3. The summed E-state index contributed by atoms with van der Waals surface area (Å²) in [6.07, 6.45) is 0. The molecule has 2 amide bonds. The van der Waals surface area contributed by atoms with Crippen LogP contribution in [0.3, 0.4) is 0 Å². The second-order valence-corrected chi connectivity index (χ2v) is 9.20. The summed E-state index contributed by atoms with van der Waals surface area (Å²) in [5, 5.41) is 2.65. The Morgan fingerprint density at radius 3 is 2.19 bits per heavy atom. The minimum Gasteiger partial charge on any atom is -0.378 e. The largest absolute Gasteiger partial charge is 0.378 e. The zero-order valence-electron chi connectivity index (χ0n) is 16.1. The van der Waals surface area contributed by atoms with Gasteiger partial charge < -0.3 is 15.0 Å². The highest BCUT2D eigenvalue weighted by Crippen LogP contribution is 2.14. The van der Waals surface area contributed by atoms with Crippen molar-refractivity contribution in [2.75, 3.05) is 26.3 Å². The standard InChI is InChI=1S/C18H27N3O5S/c1-13(17(23)21-9-11-26-12-10-21)19-16(22)14-5-7-15(8-6-14)27(24,25)20-18(2,3)4/h5-8,13,20H,9-12H2,1-4H3,(H,19,22). The molecule has 0 aliphatic carbocycles. The summed E-state index contributed by atoms with van der Waals surface area (Å²) in [6.45, 7) is 8.87. The SMILES string of the molecule is CC(NC(=O)c1ccc(S(=O)(=O)NC(C)(C)C)cc1)C(=O)N1CCOCC1. The Labute approximate surface area is 160 Å². The van der Waals surface area contributed by atoms with Gasteiger partial charge in [-0.25, -0.2) is 13.1 Å². The minimum absolute atomic E-state index is 0.0754. The molecule has 2 N–H and O–H groups in total. The van der Waals surface area contributed by atoms with Crippen molar-refractivity contribution in [2.24, 2.45) is 0 Å². The van der Waals surface area contributed by atoms with Crippen molar-refractivity contribution in [1.82, 2.24) is 14.9 Å². The summed E-state index contributed by atoms with van der Waals surface area (Å²) in [6, 6.07) is 4.92. The van der Waals surface area contributed by atoms with Crippen LogP contribution < -0.4 is 10.0 Å². The van der Waals surface area contributed by atoms with E-state index in [1.54, 1.807) is 32.6 Å². The van der Waals surface area contributed by atoms with Gasteiger partial charge in [0.15, 0.2) is 0 Å². The molecular weight excluding hydrogens is 370 g/mol. The fourth-order valence-electron chi connectivity index (χ4n) is 2.65. The molecule has 1 saturated heterocycles. The smallest absolute Gasteiger partial charge is 0.251 e. The summed E-state index contributed by atoms with van der Waals surface area (Å²) in [5.74, 6) is -0.600. The highest BCUT2D eigenvalue weighted by molar-refractivity contribution is 7.89. The quantitative estimate of drug-likeness (QED) is 0.763. The number of amides is 2. The number of nitrogens with one attached hydrogen (secondary N) is 2. The first kappa shape index (κ1) is 21.3. The lowest BCUT2D eigenvalue weighted by atomic mass is 10.1. The average Bonchev–Trinajstić information content (AvgIpc) is 2.60. The topological polar surface area (TPSA) is 105 Å². The zero-order chi connectivity index (χ0) is 20.2. The highest BCUT2D eigenvalue weighted by Gasteiger charge is 2.25. The van der Waals surface area contributed by atoms with Crippen molar-refractivity contribution in [2.45, 2.75) is 44.2 Å². The molecule has 150 valence electrons. The van der Waals surface area contributed by atoms with Crippen LogP contribution in [0.2, 0.25) is 0 Å². The van der Waals surface area contributed by atoms with E-state index in [2.05, 4.69) is 10.0 Å². The highest BCUT2D eigenvalue weighted by atomic mass is 32.2. The van der Waals surface area contributed by atoms with Crippen LogP contribution in [-0.2, 0) is 19.6 Å². The third-order valence-electron chi connectivity index (χ3n) is 3.91. The predicted molar refractivity (Wildman–Crippen MR) is 101 cm³/mol. The number of sulfonamides is 1. The number of nitrogens with zero attached hydrogens (tertiary/aromatic N) is 1. The van der Waals surface area contributed by atoms with Gasteiger partial charge in [-0.1, -0.05) is 0 Å². The summed E-state index contributed by atoms with van der Waals surface area (Å²) < 4.78 is 32.4. The Morgan fingerprint density at radius 2 is 1.67 bits per heavy atom. The molecule has 27 heavy (non-hydrogen) atoms. The maximum atomic E-state index is 12.4. The number of morpholine rings is 1. The molecule has 1 atom stereocenters. The summed E-state index contributed by atoms with van der Waals surface area (Å²) in [4.78, 5) is 26.4. The number of ether oxygens (including phenoxy) is 1. The maximum Gasteiger partial charge on any atom is 0.251 e. The molecule has 1 aliphatic heterocycles. The molecule has 0 radical (unpaired) electrons. The van der Waals surface area contributed by atoms with Crippen molar-refractivity contribution in [1.29, 1.82) is 0 Å². The van der Waals surface area contributed by atoms with E-state index in [0.717, 1.165) is 0 Å². The molecule has 9 heteroatoms. The van der Waals surface area contributed by atoms with Crippen LogP contribution in [0.5, 0.6) is 0 Å². The Morgan fingerprint density at radius 1 is 1.11 bits per heavy atom. The molecule has 1 aromatic carbocycles. The second kappa shape index (κ2) is 8.37. The zero-order valence-corrected chi connectivity index (χ0v) is 16.9. The van der Waals surface area contributed by atoms with Crippen molar-refractivity contribution in [3.63, 3.8) is 0 Å². The Bertz CT molecular complexity index is 778. The molecule has 1 unspecified atom stereocenters. The lowest BCUT2D eigenvalue weighted by Crippen LogP contribution is -2.50. The van der Waals surface area contributed by atoms with Crippen LogP contribution in [0.15, 0.2) is 29.2 Å². The molecule has 0 spiro atoms. The van der Waals surface area contributed by atoms with E-state index < -0.39 is 27.5 Å². The summed E-state index contributed by atoms with van der Waals surface area (Å²) in [7, 11) is -3.67. The summed E-state index contributed by atoms with van der Waals surface area (Å²) >= 11 is 0. The van der Waals surface area contributed by atoms with Gasteiger partial charge in [0, 0.05) is 24.2 Å². The normalized spacial score (nSPS) is 16.7. The predicted octanol–water partition coefficient (Wildman–Crippen LogP) is 0.741. The summed E-state index contributed by atoms with van der Waals surface area (Å²) in [5.41, 5.74) is -0.323. The molecule has 1 aromatic rings. The number of rotatable bonds is 5. The van der Waals surface area contributed by atoms with Crippen molar-refractivity contribution >= 4 is 21.8 Å². The van der Waals surface area contributed by atoms with Gasteiger partial charge in [-0.05, 0) is 52.0 Å². The lowest BCUT2D eigenvalue weighted by Gasteiger charge is -2.29. The fourth-order valence-corrected chi connectivity index (χ4v) is 4.07. The maximum absolute atomic E-state index is 12.4. The molecule has 0 bridgehead atoms.